The van der Waals surface area contributed by atoms with Crippen LogP contribution in [0.15, 0.2) is 66.9 Å². The second-order valence-electron chi connectivity index (χ2n) is 11.7. The molecule has 0 radical (unpaired) electrons. The number of hydrogen-bond acceptors (Lipinski definition) is 9. The SMILES string of the molecule is C=C(CC)N(N)/C=C(\N)C(Nc1cc(Cl)c2ncc(C#N)c(NCC(C)(C)C)c2c1)c1cccc(C=O)c1/C=C\N(C)C. The molecule has 0 aliphatic rings. The van der Waals surface area contributed by atoms with E-state index in [-0.39, 0.29) is 5.41 Å². The quantitative estimate of drug-likeness (QED) is 0.103. The molecule has 3 rings (SSSR count). The first kappa shape index (κ1) is 33.0. The number of halogens is 1. The zero-order valence-corrected chi connectivity index (χ0v) is 26.5. The molecule has 0 amide bonds. The zero-order chi connectivity index (χ0) is 31.9. The molecule has 2 aromatic carbocycles. The molecule has 0 saturated carbocycles. The van der Waals surface area contributed by atoms with E-state index in [0.717, 1.165) is 11.8 Å². The standard InChI is InChI=1S/C33H41ClN8O/c1-8-21(2)42(37)18-29(36)32(26-11-9-10-22(19-43)25(26)12-13-41(6)7)40-24-14-27-30(39-20-33(3,4)5)23(16-35)17-38-31(27)28(34)15-24/h9-15,17-19,32,40H,2,8,20,36-37H2,1,3-7H3,(H,38,39)/b13-12-,29-18-. The lowest BCUT2D eigenvalue weighted by molar-refractivity contribution is 0.112. The number of hydrazine groups is 1. The van der Waals surface area contributed by atoms with Crippen molar-refractivity contribution in [3.63, 3.8) is 0 Å². The first-order valence-electron chi connectivity index (χ1n) is 13.9. The monoisotopic (exact) mass is 600 g/mol. The topological polar surface area (TPSA) is 136 Å². The number of nitriles is 1. The average molecular weight is 601 g/mol. The summed E-state index contributed by atoms with van der Waals surface area (Å²) in [6.07, 6.45) is 8.34. The fourth-order valence-electron chi connectivity index (χ4n) is 4.36. The van der Waals surface area contributed by atoms with Gasteiger partial charge in [-0.15, -0.1) is 0 Å². The molecule has 9 nitrogen and oxygen atoms in total. The number of allylic oxidation sites excluding steroid dienone is 1. The number of fused-ring (bicyclic) bond motifs is 1. The van der Waals surface area contributed by atoms with E-state index in [2.05, 4.69) is 49.0 Å². The summed E-state index contributed by atoms with van der Waals surface area (Å²) in [5.74, 6) is 6.25. The smallest absolute Gasteiger partial charge is 0.150 e. The number of carbonyl (C=O) groups is 1. The van der Waals surface area contributed by atoms with Crippen molar-refractivity contribution in [3.05, 3.63) is 94.2 Å². The molecular weight excluding hydrogens is 560 g/mol. The van der Waals surface area contributed by atoms with Crippen LogP contribution < -0.4 is 22.2 Å². The summed E-state index contributed by atoms with van der Waals surface area (Å²) < 4.78 is 0. The van der Waals surface area contributed by atoms with Gasteiger partial charge in [0.1, 0.15) is 6.07 Å². The van der Waals surface area contributed by atoms with Gasteiger partial charge in [-0.05, 0) is 47.4 Å². The third-order valence-electron chi connectivity index (χ3n) is 6.70. The van der Waals surface area contributed by atoms with Crippen LogP contribution in [0.1, 0.15) is 67.2 Å². The van der Waals surface area contributed by atoms with Crippen molar-refractivity contribution in [1.82, 2.24) is 14.9 Å². The van der Waals surface area contributed by atoms with Crippen LogP contribution in [0.25, 0.3) is 17.0 Å². The lowest BCUT2D eigenvalue weighted by atomic mass is 9.93. The van der Waals surface area contributed by atoms with Crippen molar-refractivity contribution < 1.29 is 4.79 Å². The number of rotatable bonds is 12. The van der Waals surface area contributed by atoms with Gasteiger partial charge in [0.05, 0.1) is 33.5 Å². The summed E-state index contributed by atoms with van der Waals surface area (Å²) in [6, 6.07) is 10.7. The van der Waals surface area contributed by atoms with Crippen LogP contribution in [0.3, 0.4) is 0 Å². The Labute approximate surface area is 259 Å². The molecule has 0 aliphatic heterocycles. The number of nitrogens with zero attached hydrogens (tertiary/aromatic N) is 4. The number of nitrogens with one attached hydrogen (secondary N) is 2. The van der Waals surface area contributed by atoms with Gasteiger partial charge in [0.15, 0.2) is 6.29 Å². The molecule has 0 spiro atoms. The number of aldehydes is 1. The number of pyridine rings is 1. The van der Waals surface area contributed by atoms with Gasteiger partial charge in [-0.1, -0.05) is 64.1 Å². The van der Waals surface area contributed by atoms with Crippen LogP contribution in [-0.2, 0) is 0 Å². The van der Waals surface area contributed by atoms with E-state index in [9.17, 15) is 10.1 Å². The molecule has 0 fully saturated rings. The van der Waals surface area contributed by atoms with Gasteiger partial charge in [0.2, 0.25) is 0 Å². The third kappa shape index (κ3) is 8.28. The highest BCUT2D eigenvalue weighted by Gasteiger charge is 2.22. The summed E-state index contributed by atoms with van der Waals surface area (Å²) in [5, 5.41) is 19.3. The maximum absolute atomic E-state index is 12.1. The highest BCUT2D eigenvalue weighted by molar-refractivity contribution is 6.35. The fourth-order valence-corrected chi connectivity index (χ4v) is 4.63. The fraction of sp³-hybridized carbons (Fsp3) is 0.303. The molecule has 0 saturated heterocycles. The van der Waals surface area contributed by atoms with Gasteiger partial charge in [-0.2, -0.15) is 5.26 Å². The number of nitrogens with two attached hydrogens (primary N) is 2. The molecular formula is C33H41ClN8O. The minimum atomic E-state index is -0.635. The molecule has 0 aliphatic carbocycles. The van der Waals surface area contributed by atoms with Crippen LogP contribution in [0.5, 0.6) is 0 Å². The highest BCUT2D eigenvalue weighted by atomic mass is 35.5. The lowest BCUT2D eigenvalue weighted by Crippen LogP contribution is -2.28. The van der Waals surface area contributed by atoms with E-state index in [1.165, 1.54) is 11.2 Å². The molecule has 1 aromatic heterocycles. The minimum absolute atomic E-state index is 0.0387. The summed E-state index contributed by atoms with van der Waals surface area (Å²) in [4.78, 5) is 18.4. The Balaban J connectivity index is 2.26. The number of carbonyl (C=O) groups excluding carboxylic acids is 1. The maximum Gasteiger partial charge on any atom is 0.150 e. The maximum atomic E-state index is 12.1. The van der Waals surface area contributed by atoms with Gasteiger partial charge in [0.25, 0.3) is 0 Å². The summed E-state index contributed by atoms with van der Waals surface area (Å²) >= 11 is 6.78. The zero-order valence-electron chi connectivity index (χ0n) is 25.7. The number of anilines is 2. The molecule has 6 N–H and O–H groups in total. The van der Waals surface area contributed by atoms with Crippen molar-refractivity contribution in [1.29, 1.82) is 5.26 Å². The van der Waals surface area contributed by atoms with Crippen molar-refractivity contribution in [2.24, 2.45) is 17.0 Å². The molecule has 0 bridgehead atoms. The van der Waals surface area contributed by atoms with Crippen molar-refractivity contribution in [3.8, 4) is 6.07 Å². The van der Waals surface area contributed by atoms with Gasteiger partial charge in [-0.3, -0.25) is 14.8 Å². The Kier molecular flexibility index (Phi) is 10.8. The Morgan fingerprint density at radius 2 is 2.00 bits per heavy atom. The Morgan fingerprint density at radius 1 is 1.28 bits per heavy atom. The normalized spacial score (nSPS) is 12.6. The molecule has 226 valence electrons. The van der Waals surface area contributed by atoms with E-state index >= 15 is 0 Å². The number of benzene rings is 2. The van der Waals surface area contributed by atoms with Gasteiger partial charge < -0.3 is 21.3 Å². The van der Waals surface area contributed by atoms with Crippen molar-refractivity contribution in [2.45, 2.75) is 40.2 Å². The summed E-state index contributed by atoms with van der Waals surface area (Å²) in [7, 11) is 3.80. The predicted octanol–water partition coefficient (Wildman–Crippen LogP) is 6.62. The van der Waals surface area contributed by atoms with Gasteiger partial charge in [0, 0.05) is 55.4 Å². The van der Waals surface area contributed by atoms with Crippen LogP contribution in [0.4, 0.5) is 11.4 Å². The molecule has 43 heavy (non-hydrogen) atoms. The average Bonchev–Trinajstić information content (AvgIpc) is 2.96. The van der Waals surface area contributed by atoms with Crippen LogP contribution in [-0.4, -0.2) is 41.8 Å². The minimum Gasteiger partial charge on any atom is -0.399 e. The Bertz CT molecular complexity index is 1600. The van der Waals surface area contributed by atoms with E-state index in [0.29, 0.717) is 68.4 Å². The van der Waals surface area contributed by atoms with E-state index in [4.69, 9.17) is 23.2 Å². The molecule has 10 heteroatoms. The predicted molar refractivity (Wildman–Crippen MR) is 178 cm³/mol. The second kappa shape index (κ2) is 14.1. The lowest BCUT2D eigenvalue weighted by Gasteiger charge is -2.26. The number of hydrogen-bond donors (Lipinski definition) is 4. The largest absolute Gasteiger partial charge is 0.399 e. The van der Waals surface area contributed by atoms with Crippen LogP contribution >= 0.6 is 11.6 Å². The van der Waals surface area contributed by atoms with E-state index in [1.54, 1.807) is 18.3 Å². The molecule has 1 heterocycles. The highest BCUT2D eigenvalue weighted by Crippen LogP contribution is 2.36. The molecule has 1 unspecified atom stereocenters. The third-order valence-corrected chi connectivity index (χ3v) is 6.99. The summed E-state index contributed by atoms with van der Waals surface area (Å²) in [5.41, 5.74) is 12.0. The van der Waals surface area contributed by atoms with E-state index in [1.807, 2.05) is 56.4 Å². The van der Waals surface area contributed by atoms with Crippen molar-refractivity contribution in [2.75, 3.05) is 31.3 Å². The molecule has 3 aromatic rings. The Hall–Kier alpha value is -4.52. The van der Waals surface area contributed by atoms with Gasteiger partial charge in [-0.25, -0.2) is 5.84 Å². The Morgan fingerprint density at radius 3 is 2.60 bits per heavy atom. The second-order valence-corrected chi connectivity index (χ2v) is 12.1. The van der Waals surface area contributed by atoms with Crippen LogP contribution in [0, 0.1) is 16.7 Å². The van der Waals surface area contributed by atoms with E-state index < -0.39 is 6.04 Å². The van der Waals surface area contributed by atoms with Crippen molar-refractivity contribution >= 4 is 46.2 Å². The van der Waals surface area contributed by atoms with Gasteiger partial charge >= 0.3 is 0 Å². The molecule has 1 atom stereocenters. The summed E-state index contributed by atoms with van der Waals surface area (Å²) in [6.45, 7) is 12.9. The first-order chi connectivity index (χ1) is 20.3. The van der Waals surface area contributed by atoms with Crippen LogP contribution in [0.2, 0.25) is 5.02 Å². The first-order valence-corrected chi connectivity index (χ1v) is 14.3. The number of aromatic nitrogens is 1.